The van der Waals surface area contributed by atoms with Crippen LogP contribution in [0.4, 0.5) is 0 Å². The first-order chi connectivity index (χ1) is 14.2. The van der Waals surface area contributed by atoms with Crippen molar-refractivity contribution in [3.63, 3.8) is 0 Å². The van der Waals surface area contributed by atoms with E-state index in [-0.39, 0.29) is 5.78 Å². The van der Waals surface area contributed by atoms with Crippen molar-refractivity contribution < 1.29 is 4.79 Å². The van der Waals surface area contributed by atoms with Gasteiger partial charge < -0.3 is 4.57 Å². The van der Waals surface area contributed by atoms with Crippen molar-refractivity contribution in [2.75, 3.05) is 12.3 Å². The van der Waals surface area contributed by atoms with Crippen molar-refractivity contribution in [2.45, 2.75) is 38.0 Å². The summed E-state index contributed by atoms with van der Waals surface area (Å²) in [6.45, 7) is 4.87. The van der Waals surface area contributed by atoms with E-state index in [1.165, 1.54) is 11.1 Å². The van der Waals surface area contributed by atoms with E-state index in [0.29, 0.717) is 6.42 Å². The Bertz CT molecular complexity index is 999. The fourth-order valence-corrected chi connectivity index (χ4v) is 4.57. The molecule has 0 amide bonds. The van der Waals surface area contributed by atoms with Gasteiger partial charge in [0, 0.05) is 43.4 Å². The van der Waals surface area contributed by atoms with Gasteiger partial charge in [0.15, 0.2) is 16.8 Å². The number of carbonyl (C=O) groups is 1. The summed E-state index contributed by atoms with van der Waals surface area (Å²) in [5.41, 5.74) is 4.59. The maximum absolute atomic E-state index is 11.9. The third kappa shape index (κ3) is 4.43. The Morgan fingerprint density at radius 3 is 2.66 bits per heavy atom. The van der Waals surface area contributed by atoms with Crippen LogP contribution >= 0.6 is 11.8 Å². The maximum atomic E-state index is 11.9. The Balaban J connectivity index is 1.27. The van der Waals surface area contributed by atoms with Crippen LogP contribution in [-0.2, 0) is 20.1 Å². The number of thioether (sulfide) groups is 1. The molecule has 5 nitrogen and oxygen atoms in total. The lowest BCUT2D eigenvalue weighted by Crippen LogP contribution is -2.18. The van der Waals surface area contributed by atoms with E-state index in [1.54, 1.807) is 11.8 Å². The van der Waals surface area contributed by atoms with Crippen LogP contribution in [0.25, 0.3) is 11.4 Å². The molecule has 150 valence electrons. The number of hydrogen-bond donors (Lipinski definition) is 0. The Hall–Kier alpha value is -2.44. The van der Waals surface area contributed by atoms with Crippen molar-refractivity contribution in [1.82, 2.24) is 19.7 Å². The van der Waals surface area contributed by atoms with Crippen molar-refractivity contribution in [3.8, 4) is 11.4 Å². The minimum absolute atomic E-state index is 0.223. The summed E-state index contributed by atoms with van der Waals surface area (Å²) in [5, 5.41) is 9.67. The zero-order valence-electron chi connectivity index (χ0n) is 17.0. The van der Waals surface area contributed by atoms with Crippen molar-refractivity contribution in [1.29, 1.82) is 0 Å². The van der Waals surface area contributed by atoms with Crippen molar-refractivity contribution in [2.24, 2.45) is 7.05 Å². The van der Waals surface area contributed by atoms with Gasteiger partial charge in [-0.1, -0.05) is 61.2 Å². The Labute approximate surface area is 176 Å². The van der Waals surface area contributed by atoms with Gasteiger partial charge in [0.1, 0.15) is 0 Å². The molecule has 4 rings (SSSR count). The van der Waals surface area contributed by atoms with Crippen LogP contribution in [0.5, 0.6) is 0 Å². The minimum atomic E-state index is 0.223. The molecule has 0 saturated carbocycles. The molecular weight excluding hydrogens is 380 g/mol. The van der Waals surface area contributed by atoms with E-state index in [0.717, 1.165) is 53.9 Å². The molecule has 1 aliphatic rings. The van der Waals surface area contributed by atoms with Gasteiger partial charge in [-0.25, -0.2) is 0 Å². The first-order valence-electron chi connectivity index (χ1n) is 10.1. The molecule has 6 heteroatoms. The summed E-state index contributed by atoms with van der Waals surface area (Å²) < 4.78 is 2.07. The van der Waals surface area contributed by atoms with Gasteiger partial charge in [-0.2, -0.15) is 0 Å². The number of fused-ring (bicyclic) bond motifs is 1. The summed E-state index contributed by atoms with van der Waals surface area (Å²) in [4.78, 5) is 14.4. The average molecular weight is 407 g/mol. The smallest absolute Gasteiger partial charge is 0.191 e. The molecule has 0 bridgehead atoms. The van der Waals surface area contributed by atoms with E-state index in [4.69, 9.17) is 0 Å². The second kappa shape index (κ2) is 8.93. The predicted octanol–water partition coefficient (Wildman–Crippen LogP) is 4.57. The molecule has 2 aromatic carbocycles. The SMILES string of the molecule is CCC(=O)c1ccc2c(c1)CN(CCCSc1nnc(-c3ccccc3)n1C)C2. The van der Waals surface area contributed by atoms with Crippen molar-refractivity contribution in [3.05, 3.63) is 65.2 Å². The number of carbonyl (C=O) groups excluding carboxylic acids is 1. The molecule has 1 aromatic heterocycles. The van der Waals surface area contributed by atoms with Gasteiger partial charge in [0.05, 0.1) is 0 Å². The van der Waals surface area contributed by atoms with Gasteiger partial charge in [-0.15, -0.1) is 10.2 Å². The molecule has 1 aliphatic heterocycles. The van der Waals surface area contributed by atoms with E-state index >= 15 is 0 Å². The largest absolute Gasteiger partial charge is 0.305 e. The zero-order chi connectivity index (χ0) is 20.2. The van der Waals surface area contributed by atoms with Crippen LogP contribution in [0.2, 0.25) is 0 Å². The lowest BCUT2D eigenvalue weighted by atomic mass is 10.0. The number of hydrogen-bond acceptors (Lipinski definition) is 5. The average Bonchev–Trinajstić information content (AvgIpc) is 3.33. The van der Waals surface area contributed by atoms with E-state index in [2.05, 4.69) is 43.9 Å². The Morgan fingerprint density at radius 1 is 1.07 bits per heavy atom. The van der Waals surface area contributed by atoms with Crippen LogP contribution in [0.1, 0.15) is 41.3 Å². The highest BCUT2D eigenvalue weighted by atomic mass is 32.2. The van der Waals surface area contributed by atoms with Gasteiger partial charge in [-0.3, -0.25) is 9.69 Å². The maximum Gasteiger partial charge on any atom is 0.191 e. The molecule has 0 fully saturated rings. The molecule has 2 heterocycles. The number of aromatic nitrogens is 3. The van der Waals surface area contributed by atoms with Crippen molar-refractivity contribution >= 4 is 17.5 Å². The van der Waals surface area contributed by atoms with Crippen LogP contribution in [0, 0.1) is 0 Å². The van der Waals surface area contributed by atoms with Crippen LogP contribution in [0.15, 0.2) is 53.7 Å². The van der Waals surface area contributed by atoms with Gasteiger partial charge in [0.2, 0.25) is 0 Å². The number of benzene rings is 2. The molecule has 0 atom stereocenters. The molecule has 0 saturated heterocycles. The monoisotopic (exact) mass is 406 g/mol. The highest BCUT2D eigenvalue weighted by Gasteiger charge is 2.20. The van der Waals surface area contributed by atoms with E-state index in [1.807, 2.05) is 38.2 Å². The third-order valence-corrected chi connectivity index (χ3v) is 6.46. The first-order valence-corrected chi connectivity index (χ1v) is 11.1. The van der Waals surface area contributed by atoms with E-state index in [9.17, 15) is 4.79 Å². The number of Topliss-reactive ketones (excluding diaryl/α,β-unsaturated/α-hetero) is 1. The quantitative estimate of drug-likeness (QED) is 0.311. The highest BCUT2D eigenvalue weighted by Crippen LogP contribution is 2.26. The molecule has 0 unspecified atom stereocenters. The molecule has 0 radical (unpaired) electrons. The summed E-state index contributed by atoms with van der Waals surface area (Å²) in [6, 6.07) is 16.3. The van der Waals surface area contributed by atoms with Gasteiger partial charge in [-0.05, 0) is 30.2 Å². The zero-order valence-corrected chi connectivity index (χ0v) is 17.8. The number of rotatable bonds is 8. The fraction of sp³-hybridized carbons (Fsp3) is 0.348. The van der Waals surface area contributed by atoms with Crippen LogP contribution in [0.3, 0.4) is 0 Å². The number of nitrogens with zero attached hydrogens (tertiary/aromatic N) is 4. The highest BCUT2D eigenvalue weighted by molar-refractivity contribution is 7.99. The number of ketones is 1. The summed E-state index contributed by atoms with van der Waals surface area (Å²) >= 11 is 1.76. The molecule has 29 heavy (non-hydrogen) atoms. The fourth-order valence-electron chi connectivity index (χ4n) is 3.73. The topological polar surface area (TPSA) is 51.0 Å². The lowest BCUT2D eigenvalue weighted by molar-refractivity contribution is 0.0988. The standard InChI is InChI=1S/C23H26N4OS/c1-3-21(28)18-10-11-19-15-27(16-20(19)14-18)12-7-13-29-23-25-24-22(26(23)2)17-8-5-4-6-9-17/h4-6,8-11,14H,3,7,12-13,15-16H2,1-2H3. The van der Waals surface area contributed by atoms with Gasteiger partial charge >= 0.3 is 0 Å². The third-order valence-electron chi connectivity index (χ3n) is 5.35. The first kappa shape index (κ1) is 19.9. The van der Waals surface area contributed by atoms with E-state index < -0.39 is 0 Å². The van der Waals surface area contributed by atoms with Gasteiger partial charge in [0.25, 0.3) is 0 Å². The lowest BCUT2D eigenvalue weighted by Gasteiger charge is -2.14. The molecule has 0 N–H and O–H groups in total. The predicted molar refractivity (Wildman–Crippen MR) is 117 cm³/mol. The van der Waals surface area contributed by atoms with Crippen LogP contribution in [-0.4, -0.2) is 37.7 Å². The minimum Gasteiger partial charge on any atom is -0.305 e. The van der Waals surface area contributed by atoms with Crippen LogP contribution < -0.4 is 0 Å². The Kier molecular flexibility index (Phi) is 6.11. The second-order valence-electron chi connectivity index (χ2n) is 7.40. The summed E-state index contributed by atoms with van der Waals surface area (Å²) in [5.74, 6) is 2.13. The molecule has 0 spiro atoms. The molecule has 3 aromatic rings. The molecular formula is C23H26N4OS. The normalized spacial score (nSPS) is 13.6. The summed E-state index contributed by atoms with van der Waals surface area (Å²) in [6.07, 6.45) is 1.65. The molecule has 0 aliphatic carbocycles. The Morgan fingerprint density at radius 2 is 1.86 bits per heavy atom. The second-order valence-corrected chi connectivity index (χ2v) is 8.47. The summed E-state index contributed by atoms with van der Waals surface area (Å²) in [7, 11) is 2.02.